The number of hydrogen-bond acceptors (Lipinski definition) is 9. The second-order valence-electron chi connectivity index (χ2n) is 18.1. The van der Waals surface area contributed by atoms with Gasteiger partial charge in [-0.15, -0.1) is 0 Å². The van der Waals surface area contributed by atoms with Gasteiger partial charge in [-0.3, -0.25) is 4.79 Å². The molecule has 0 saturated carbocycles. The lowest BCUT2D eigenvalue weighted by Crippen LogP contribution is -2.60. The van der Waals surface area contributed by atoms with Gasteiger partial charge in [-0.25, -0.2) is 0 Å². The minimum absolute atomic E-state index is 0.301. The molecule has 0 aromatic heterocycles. The Hall–Kier alpha value is -1.11. The summed E-state index contributed by atoms with van der Waals surface area (Å²) in [6.07, 6.45) is 37.4. The Morgan fingerprint density at radius 3 is 1.35 bits per heavy atom. The van der Waals surface area contributed by atoms with Crippen LogP contribution >= 0.6 is 0 Å². The van der Waals surface area contributed by atoms with Crippen molar-refractivity contribution in [3.05, 3.63) is 12.2 Å². The summed E-state index contributed by atoms with van der Waals surface area (Å²) >= 11 is 0. The number of ether oxygens (including phenoxy) is 2. The highest BCUT2D eigenvalue weighted by molar-refractivity contribution is 5.80. The molecule has 0 bridgehead atoms. The fraction of sp³-hybridized carbons (Fsp3) is 0.940. The maximum atomic E-state index is 13.0. The van der Waals surface area contributed by atoms with Gasteiger partial charge >= 0.3 is 0 Å². The largest absolute Gasteiger partial charge is 0.394 e. The monoisotopic (exact) mass is 856 g/mol. The molecular weight excluding hydrogens is 759 g/mol. The average Bonchev–Trinajstić information content (AvgIpc) is 3.25. The molecule has 1 amide bonds. The Bertz CT molecular complexity index is 968. The molecule has 1 aliphatic heterocycles. The molecule has 10 nitrogen and oxygen atoms in total. The molecule has 7 N–H and O–H groups in total. The normalized spacial score (nSPS) is 21.1. The quantitative estimate of drug-likeness (QED) is 0.0233. The third-order valence-corrected chi connectivity index (χ3v) is 12.5. The first-order valence-electron chi connectivity index (χ1n) is 25.5. The number of nitrogens with one attached hydrogen (secondary N) is 1. The van der Waals surface area contributed by atoms with Crippen LogP contribution in [0.2, 0.25) is 0 Å². The van der Waals surface area contributed by atoms with Crippen LogP contribution in [0.5, 0.6) is 0 Å². The van der Waals surface area contributed by atoms with E-state index in [0.29, 0.717) is 6.42 Å². The molecule has 1 fully saturated rings. The van der Waals surface area contributed by atoms with Crippen molar-refractivity contribution in [1.29, 1.82) is 0 Å². The van der Waals surface area contributed by atoms with E-state index >= 15 is 0 Å². The van der Waals surface area contributed by atoms with E-state index in [4.69, 9.17) is 9.47 Å². The van der Waals surface area contributed by atoms with E-state index < -0.39 is 61.5 Å². The molecule has 8 unspecified atom stereocenters. The van der Waals surface area contributed by atoms with Crippen molar-refractivity contribution < 1.29 is 44.9 Å². The lowest BCUT2D eigenvalue weighted by atomic mass is 9.99. The van der Waals surface area contributed by atoms with Gasteiger partial charge in [-0.2, -0.15) is 0 Å². The highest BCUT2D eigenvalue weighted by Crippen LogP contribution is 2.23. The zero-order valence-electron chi connectivity index (χ0n) is 38.8. The fourth-order valence-electron chi connectivity index (χ4n) is 8.28. The SMILES string of the molecule is CCCCCCCCCCC/C=C/C(O)C(COC1OC(CO)C(O)C(O)C1O)NC(=O)C(O)CCCCCCCCCCCCCCCCCCCCCCCCCC. The molecule has 0 aromatic rings. The van der Waals surface area contributed by atoms with Crippen LogP contribution in [0.1, 0.15) is 239 Å². The summed E-state index contributed by atoms with van der Waals surface area (Å²) in [5, 5.41) is 64.7. The first kappa shape index (κ1) is 56.9. The maximum Gasteiger partial charge on any atom is 0.249 e. The summed E-state index contributed by atoms with van der Waals surface area (Å²) in [7, 11) is 0. The number of hydrogen-bond donors (Lipinski definition) is 7. The smallest absolute Gasteiger partial charge is 0.249 e. The van der Waals surface area contributed by atoms with Gasteiger partial charge in [0.2, 0.25) is 5.91 Å². The van der Waals surface area contributed by atoms with Crippen molar-refractivity contribution in [3.63, 3.8) is 0 Å². The zero-order chi connectivity index (χ0) is 43.9. The van der Waals surface area contributed by atoms with Crippen LogP contribution in [-0.2, 0) is 14.3 Å². The summed E-state index contributed by atoms with van der Waals surface area (Å²) in [6, 6.07) is -0.974. The van der Waals surface area contributed by atoms with Gasteiger partial charge in [0.1, 0.15) is 30.5 Å². The minimum atomic E-state index is -1.61. The summed E-state index contributed by atoms with van der Waals surface area (Å²) < 4.78 is 11.1. The zero-order valence-corrected chi connectivity index (χ0v) is 38.8. The summed E-state index contributed by atoms with van der Waals surface area (Å²) in [4.78, 5) is 13.0. The molecular formula is C50H97NO9. The highest BCUT2D eigenvalue weighted by atomic mass is 16.7. The van der Waals surface area contributed by atoms with Crippen molar-refractivity contribution in [2.24, 2.45) is 0 Å². The fourth-order valence-corrected chi connectivity index (χ4v) is 8.28. The molecule has 1 heterocycles. The Morgan fingerprint density at radius 2 is 0.950 bits per heavy atom. The number of rotatable bonds is 43. The first-order valence-corrected chi connectivity index (χ1v) is 25.5. The van der Waals surface area contributed by atoms with Gasteiger partial charge in [0.05, 0.1) is 25.4 Å². The van der Waals surface area contributed by atoms with E-state index in [1.165, 1.54) is 173 Å². The van der Waals surface area contributed by atoms with Gasteiger partial charge < -0.3 is 45.4 Å². The predicted octanol–water partition coefficient (Wildman–Crippen LogP) is 10.3. The van der Waals surface area contributed by atoms with Gasteiger partial charge in [-0.1, -0.05) is 231 Å². The molecule has 0 spiro atoms. The highest BCUT2D eigenvalue weighted by Gasteiger charge is 2.44. The van der Waals surface area contributed by atoms with Gasteiger partial charge in [0.25, 0.3) is 0 Å². The molecule has 8 atom stereocenters. The Morgan fingerprint density at radius 1 is 0.567 bits per heavy atom. The Kier molecular flexibility index (Phi) is 38.6. The van der Waals surface area contributed by atoms with Crippen LogP contribution in [-0.4, -0.2) is 98.7 Å². The van der Waals surface area contributed by atoms with Crippen LogP contribution in [0.3, 0.4) is 0 Å². The molecule has 1 saturated heterocycles. The average molecular weight is 856 g/mol. The van der Waals surface area contributed by atoms with Crippen LogP contribution < -0.4 is 5.32 Å². The van der Waals surface area contributed by atoms with Crippen molar-refractivity contribution >= 4 is 5.91 Å². The van der Waals surface area contributed by atoms with E-state index in [1.807, 2.05) is 6.08 Å². The number of carbonyl (C=O) groups excluding carboxylic acids is 1. The lowest BCUT2D eigenvalue weighted by Gasteiger charge is -2.40. The first-order chi connectivity index (χ1) is 29.3. The number of carbonyl (C=O) groups is 1. The van der Waals surface area contributed by atoms with Crippen molar-refractivity contribution in [2.45, 2.75) is 288 Å². The number of aliphatic hydroxyl groups excluding tert-OH is 6. The van der Waals surface area contributed by atoms with E-state index in [9.17, 15) is 35.4 Å². The van der Waals surface area contributed by atoms with E-state index in [1.54, 1.807) is 6.08 Å². The molecule has 356 valence electrons. The molecule has 0 radical (unpaired) electrons. The number of amides is 1. The number of unbranched alkanes of at least 4 members (excludes halogenated alkanes) is 32. The van der Waals surface area contributed by atoms with Crippen LogP contribution in [0.25, 0.3) is 0 Å². The standard InChI is InChI=1S/C50H97NO9/c1-3-5-7-9-11-13-15-16-17-18-19-20-21-22-23-24-25-26-27-29-31-33-35-37-39-44(54)49(58)51-42(41-59-50-48(57)47(56)46(55)45(40-52)60-50)43(53)38-36-34-32-30-28-14-12-10-8-6-4-2/h36,38,42-48,50,52-57H,3-35,37,39-41H2,1-2H3,(H,51,58)/b38-36+. The molecule has 0 aliphatic carbocycles. The van der Waals surface area contributed by atoms with Gasteiger partial charge in [0, 0.05) is 0 Å². The number of allylic oxidation sites excluding steroid dienone is 1. The summed E-state index contributed by atoms with van der Waals surface area (Å²) in [6.45, 7) is 3.61. The van der Waals surface area contributed by atoms with E-state index in [2.05, 4.69) is 19.2 Å². The van der Waals surface area contributed by atoms with Crippen LogP contribution in [0.4, 0.5) is 0 Å². The van der Waals surface area contributed by atoms with Gasteiger partial charge in [0.15, 0.2) is 6.29 Å². The minimum Gasteiger partial charge on any atom is -0.394 e. The number of aliphatic hydroxyl groups is 6. The lowest BCUT2D eigenvalue weighted by molar-refractivity contribution is -0.302. The van der Waals surface area contributed by atoms with Crippen molar-refractivity contribution in [3.8, 4) is 0 Å². The molecule has 1 aliphatic rings. The van der Waals surface area contributed by atoms with Crippen molar-refractivity contribution in [2.75, 3.05) is 13.2 Å². The molecule has 10 heteroatoms. The second-order valence-corrected chi connectivity index (χ2v) is 18.1. The molecule has 1 rings (SSSR count). The maximum absolute atomic E-state index is 13.0. The van der Waals surface area contributed by atoms with Crippen LogP contribution in [0.15, 0.2) is 12.2 Å². The topological polar surface area (TPSA) is 169 Å². The van der Waals surface area contributed by atoms with E-state index in [-0.39, 0.29) is 6.61 Å². The van der Waals surface area contributed by atoms with Crippen molar-refractivity contribution in [1.82, 2.24) is 5.32 Å². The van der Waals surface area contributed by atoms with E-state index in [0.717, 1.165) is 44.9 Å². The third kappa shape index (κ3) is 30.1. The third-order valence-electron chi connectivity index (χ3n) is 12.5. The summed E-state index contributed by atoms with van der Waals surface area (Å²) in [5.74, 6) is -0.613. The Balaban J connectivity index is 2.25. The van der Waals surface area contributed by atoms with Gasteiger partial charge in [-0.05, 0) is 19.3 Å². The van der Waals surface area contributed by atoms with Crippen LogP contribution in [0, 0.1) is 0 Å². The Labute approximate surface area is 368 Å². The molecule has 60 heavy (non-hydrogen) atoms. The molecule has 0 aromatic carbocycles. The second kappa shape index (κ2) is 40.7. The summed E-state index contributed by atoms with van der Waals surface area (Å²) in [5.41, 5.74) is 0. The predicted molar refractivity (Wildman–Crippen MR) is 246 cm³/mol.